The summed E-state index contributed by atoms with van der Waals surface area (Å²) in [7, 11) is -3.72. The number of hydrogen-bond acceptors (Lipinski definition) is 3. The highest BCUT2D eigenvalue weighted by molar-refractivity contribution is 7.86. The van der Waals surface area contributed by atoms with E-state index in [1.54, 1.807) is 30.3 Å². The highest BCUT2D eigenvalue weighted by atomic mass is 32.2. The second kappa shape index (κ2) is 6.55. The molecule has 0 radical (unpaired) electrons. The minimum Gasteiger partial charge on any atom is -0.262 e. The van der Waals surface area contributed by atoms with Crippen LogP contribution in [-0.2, 0) is 14.3 Å². The molecule has 0 aliphatic carbocycles. The van der Waals surface area contributed by atoms with Gasteiger partial charge in [-0.15, -0.1) is 6.58 Å². The van der Waals surface area contributed by atoms with E-state index in [2.05, 4.69) is 6.58 Å². The van der Waals surface area contributed by atoms with Crippen LogP contribution >= 0.6 is 0 Å². The zero-order valence-corrected chi connectivity index (χ0v) is 13.5. The van der Waals surface area contributed by atoms with E-state index in [1.807, 2.05) is 27.7 Å². The molecule has 1 unspecified atom stereocenters. The van der Waals surface area contributed by atoms with Gasteiger partial charge in [-0.1, -0.05) is 44.5 Å². The summed E-state index contributed by atoms with van der Waals surface area (Å²) in [4.78, 5) is 0.205. The third-order valence-electron chi connectivity index (χ3n) is 3.15. The van der Waals surface area contributed by atoms with Crippen molar-refractivity contribution in [3.8, 4) is 0 Å². The van der Waals surface area contributed by atoms with Crippen LogP contribution in [0.3, 0.4) is 0 Å². The largest absolute Gasteiger partial charge is 0.297 e. The van der Waals surface area contributed by atoms with Crippen molar-refractivity contribution in [1.82, 2.24) is 0 Å². The molecule has 0 N–H and O–H groups in total. The fraction of sp³-hybridized carbons (Fsp3) is 0.500. The van der Waals surface area contributed by atoms with Crippen molar-refractivity contribution in [3.63, 3.8) is 0 Å². The zero-order chi connectivity index (χ0) is 15.4. The standard InChI is InChI=1S/C16H24O3S/c1-6-7-8-15(16(3,4)5)19-20(17,18)14-11-9-13(2)10-12-14/h6,9-12,15H,1,7-8H2,2-5H3. The molecule has 4 heteroatoms. The number of allylic oxidation sites excluding steroid dienone is 1. The monoisotopic (exact) mass is 296 g/mol. The molecule has 0 saturated carbocycles. The van der Waals surface area contributed by atoms with Gasteiger partial charge in [0.15, 0.2) is 0 Å². The molecule has 0 heterocycles. The Morgan fingerprint density at radius 1 is 1.25 bits per heavy atom. The van der Waals surface area contributed by atoms with Crippen LogP contribution in [-0.4, -0.2) is 14.5 Å². The lowest BCUT2D eigenvalue weighted by Crippen LogP contribution is -2.31. The second-order valence-corrected chi connectivity index (χ2v) is 7.66. The summed E-state index contributed by atoms with van der Waals surface area (Å²) in [5.74, 6) is 0. The Kier molecular flexibility index (Phi) is 5.54. The first-order valence-corrected chi connectivity index (χ1v) is 8.18. The van der Waals surface area contributed by atoms with Gasteiger partial charge >= 0.3 is 0 Å². The van der Waals surface area contributed by atoms with E-state index < -0.39 is 10.1 Å². The van der Waals surface area contributed by atoms with Crippen molar-refractivity contribution in [2.75, 3.05) is 0 Å². The summed E-state index contributed by atoms with van der Waals surface area (Å²) in [5.41, 5.74) is 0.767. The Balaban J connectivity index is 2.96. The van der Waals surface area contributed by atoms with E-state index in [-0.39, 0.29) is 16.4 Å². The highest BCUT2D eigenvalue weighted by Gasteiger charge is 2.30. The average molecular weight is 296 g/mol. The summed E-state index contributed by atoms with van der Waals surface area (Å²) >= 11 is 0. The van der Waals surface area contributed by atoms with Gasteiger partial charge in [0.1, 0.15) is 0 Å². The Labute approximate surface area is 122 Å². The molecule has 1 atom stereocenters. The van der Waals surface area contributed by atoms with Crippen LogP contribution in [0.5, 0.6) is 0 Å². The minimum atomic E-state index is -3.72. The van der Waals surface area contributed by atoms with Crippen molar-refractivity contribution in [2.45, 2.75) is 51.5 Å². The van der Waals surface area contributed by atoms with Gasteiger partial charge in [-0.05, 0) is 37.3 Å². The topological polar surface area (TPSA) is 43.4 Å². The molecule has 1 aromatic rings. The van der Waals surface area contributed by atoms with Gasteiger partial charge in [-0.2, -0.15) is 8.42 Å². The molecule has 0 fully saturated rings. The van der Waals surface area contributed by atoms with Crippen LogP contribution in [0.2, 0.25) is 0 Å². The van der Waals surface area contributed by atoms with Crippen LogP contribution in [0, 0.1) is 12.3 Å². The molecule has 0 spiro atoms. The Hall–Kier alpha value is -1.13. The smallest absolute Gasteiger partial charge is 0.262 e. The van der Waals surface area contributed by atoms with Gasteiger partial charge < -0.3 is 0 Å². The summed E-state index contributed by atoms with van der Waals surface area (Å²) in [6.45, 7) is 11.5. The summed E-state index contributed by atoms with van der Waals surface area (Å²) in [5, 5.41) is 0. The van der Waals surface area contributed by atoms with Crippen LogP contribution in [0.25, 0.3) is 0 Å². The average Bonchev–Trinajstić information content (AvgIpc) is 2.33. The molecule has 1 aromatic carbocycles. The Bertz CT molecular complexity index is 536. The highest BCUT2D eigenvalue weighted by Crippen LogP contribution is 2.29. The van der Waals surface area contributed by atoms with Crippen LogP contribution < -0.4 is 0 Å². The molecule has 3 nitrogen and oxygen atoms in total. The first-order chi connectivity index (χ1) is 9.16. The first-order valence-electron chi connectivity index (χ1n) is 6.77. The Morgan fingerprint density at radius 3 is 2.25 bits per heavy atom. The predicted molar refractivity (Wildman–Crippen MR) is 82.1 cm³/mol. The van der Waals surface area contributed by atoms with Crippen molar-refractivity contribution < 1.29 is 12.6 Å². The Morgan fingerprint density at radius 2 is 1.80 bits per heavy atom. The van der Waals surface area contributed by atoms with Gasteiger partial charge in [0.05, 0.1) is 11.0 Å². The lowest BCUT2D eigenvalue weighted by atomic mass is 9.86. The lowest BCUT2D eigenvalue weighted by Gasteiger charge is -2.29. The molecule has 0 aliphatic rings. The summed E-state index contributed by atoms with van der Waals surface area (Å²) < 4.78 is 30.1. The fourth-order valence-electron chi connectivity index (χ4n) is 1.81. The molecule has 20 heavy (non-hydrogen) atoms. The van der Waals surface area contributed by atoms with Gasteiger partial charge in [0.2, 0.25) is 0 Å². The summed E-state index contributed by atoms with van der Waals surface area (Å²) in [6.07, 6.45) is 2.77. The number of benzene rings is 1. The molecule has 0 aliphatic heterocycles. The van der Waals surface area contributed by atoms with Gasteiger partial charge in [-0.25, -0.2) is 0 Å². The maximum absolute atomic E-state index is 12.3. The minimum absolute atomic E-state index is 0.205. The predicted octanol–water partition coefficient (Wildman–Crippen LogP) is 4.08. The van der Waals surface area contributed by atoms with Crippen LogP contribution in [0.15, 0.2) is 41.8 Å². The molecule has 0 aromatic heterocycles. The lowest BCUT2D eigenvalue weighted by molar-refractivity contribution is 0.0861. The quantitative estimate of drug-likeness (QED) is 0.587. The molecule has 112 valence electrons. The maximum atomic E-state index is 12.3. The first kappa shape index (κ1) is 16.9. The van der Waals surface area contributed by atoms with E-state index in [0.29, 0.717) is 6.42 Å². The fourth-order valence-corrected chi connectivity index (χ4v) is 3.08. The van der Waals surface area contributed by atoms with Crippen molar-refractivity contribution in [1.29, 1.82) is 0 Å². The van der Waals surface area contributed by atoms with Crippen LogP contribution in [0.1, 0.15) is 39.2 Å². The molecule has 0 bridgehead atoms. The SMILES string of the molecule is C=CCCC(OS(=O)(=O)c1ccc(C)cc1)C(C)(C)C. The van der Waals surface area contributed by atoms with Gasteiger partial charge in [0, 0.05) is 0 Å². The van der Waals surface area contributed by atoms with E-state index in [1.165, 1.54) is 0 Å². The van der Waals surface area contributed by atoms with E-state index >= 15 is 0 Å². The third-order valence-corrected chi connectivity index (χ3v) is 4.49. The van der Waals surface area contributed by atoms with Gasteiger partial charge in [0.25, 0.3) is 10.1 Å². The van der Waals surface area contributed by atoms with Crippen molar-refractivity contribution in [3.05, 3.63) is 42.5 Å². The van der Waals surface area contributed by atoms with E-state index in [0.717, 1.165) is 12.0 Å². The van der Waals surface area contributed by atoms with Crippen molar-refractivity contribution >= 4 is 10.1 Å². The zero-order valence-electron chi connectivity index (χ0n) is 12.7. The number of hydrogen-bond donors (Lipinski definition) is 0. The van der Waals surface area contributed by atoms with Crippen molar-refractivity contribution in [2.24, 2.45) is 5.41 Å². The third kappa shape index (κ3) is 4.76. The molecular formula is C16H24O3S. The van der Waals surface area contributed by atoms with Crippen LogP contribution in [0.4, 0.5) is 0 Å². The molecule has 1 rings (SSSR count). The molecule has 0 saturated heterocycles. The maximum Gasteiger partial charge on any atom is 0.297 e. The summed E-state index contributed by atoms with van der Waals surface area (Å²) in [6, 6.07) is 6.70. The second-order valence-electron chi connectivity index (χ2n) is 6.08. The van der Waals surface area contributed by atoms with E-state index in [4.69, 9.17) is 4.18 Å². The number of rotatable bonds is 6. The molecule has 0 amide bonds. The van der Waals surface area contributed by atoms with Gasteiger partial charge in [-0.3, -0.25) is 4.18 Å². The number of aryl methyl sites for hydroxylation is 1. The molecular weight excluding hydrogens is 272 g/mol. The normalized spacial score (nSPS) is 14.0. The van der Waals surface area contributed by atoms with E-state index in [9.17, 15) is 8.42 Å².